The van der Waals surface area contributed by atoms with Gasteiger partial charge in [0, 0.05) is 32.0 Å². The molecule has 4 nitrogen and oxygen atoms in total. The van der Waals surface area contributed by atoms with Gasteiger partial charge < -0.3 is 9.84 Å². The Morgan fingerprint density at radius 3 is 3.00 bits per heavy atom. The number of hydrogen-bond donors (Lipinski definition) is 1. The summed E-state index contributed by atoms with van der Waals surface area (Å²) in [6, 6.07) is 3.92. The summed E-state index contributed by atoms with van der Waals surface area (Å²) < 4.78 is 5.02. The van der Waals surface area contributed by atoms with Crippen LogP contribution >= 0.6 is 0 Å². The molecule has 0 aliphatic carbocycles. The zero-order chi connectivity index (χ0) is 11.4. The lowest BCUT2D eigenvalue weighted by atomic mass is 10.1. The number of ether oxygens (including phenoxy) is 1. The van der Waals surface area contributed by atoms with Gasteiger partial charge in [-0.1, -0.05) is 6.07 Å². The second-order valence-electron chi connectivity index (χ2n) is 4.28. The second kappa shape index (κ2) is 5.27. The lowest BCUT2D eigenvalue weighted by molar-refractivity contribution is 0.220. The minimum Gasteiger partial charge on any atom is -0.481 e. The van der Waals surface area contributed by atoms with Gasteiger partial charge in [0.1, 0.15) is 0 Å². The van der Waals surface area contributed by atoms with Gasteiger partial charge in [-0.05, 0) is 24.4 Å². The monoisotopic (exact) mass is 222 g/mol. The van der Waals surface area contributed by atoms with Gasteiger partial charge in [-0.3, -0.25) is 4.90 Å². The quantitative estimate of drug-likeness (QED) is 0.822. The maximum absolute atomic E-state index is 9.06. The van der Waals surface area contributed by atoms with Crippen LogP contribution in [0.3, 0.4) is 0 Å². The number of nitrogens with zero attached hydrogens (tertiary/aromatic N) is 2. The van der Waals surface area contributed by atoms with E-state index in [0.29, 0.717) is 18.4 Å². The average molecular weight is 222 g/mol. The highest BCUT2D eigenvalue weighted by Crippen LogP contribution is 2.18. The van der Waals surface area contributed by atoms with E-state index in [1.54, 1.807) is 7.11 Å². The van der Waals surface area contributed by atoms with Crippen molar-refractivity contribution in [1.82, 2.24) is 9.88 Å². The molecule has 2 heterocycles. The minimum atomic E-state index is 0.303. The Morgan fingerprint density at radius 1 is 1.56 bits per heavy atom. The van der Waals surface area contributed by atoms with Crippen LogP contribution in [0.2, 0.25) is 0 Å². The SMILES string of the molecule is COc1ccc(CN2CCC(CO)C2)cn1. The molecular formula is C12H18N2O2. The van der Waals surface area contributed by atoms with Crippen molar-refractivity contribution in [2.75, 3.05) is 26.8 Å². The maximum Gasteiger partial charge on any atom is 0.212 e. The number of aromatic nitrogens is 1. The van der Waals surface area contributed by atoms with Crippen molar-refractivity contribution < 1.29 is 9.84 Å². The van der Waals surface area contributed by atoms with Gasteiger partial charge in [0.15, 0.2) is 0 Å². The highest BCUT2D eigenvalue weighted by Gasteiger charge is 2.21. The van der Waals surface area contributed by atoms with Crippen LogP contribution in [0.1, 0.15) is 12.0 Å². The van der Waals surface area contributed by atoms with Crippen LogP contribution in [-0.4, -0.2) is 41.8 Å². The van der Waals surface area contributed by atoms with E-state index in [-0.39, 0.29) is 0 Å². The predicted molar refractivity (Wildman–Crippen MR) is 61.3 cm³/mol. The first-order chi connectivity index (χ1) is 7.81. The number of aliphatic hydroxyl groups is 1. The van der Waals surface area contributed by atoms with Crippen LogP contribution < -0.4 is 4.74 Å². The Hall–Kier alpha value is -1.13. The summed E-state index contributed by atoms with van der Waals surface area (Å²) in [5.41, 5.74) is 1.19. The van der Waals surface area contributed by atoms with Gasteiger partial charge in [-0.15, -0.1) is 0 Å². The number of rotatable bonds is 4. The molecule has 1 atom stereocenters. The molecule has 1 unspecified atom stereocenters. The third-order valence-electron chi connectivity index (χ3n) is 3.04. The Labute approximate surface area is 95.9 Å². The Morgan fingerprint density at radius 2 is 2.44 bits per heavy atom. The van der Waals surface area contributed by atoms with Gasteiger partial charge >= 0.3 is 0 Å². The van der Waals surface area contributed by atoms with Crippen molar-refractivity contribution in [1.29, 1.82) is 0 Å². The first kappa shape index (κ1) is 11.4. The van der Waals surface area contributed by atoms with Crippen molar-refractivity contribution in [3.63, 3.8) is 0 Å². The molecule has 4 heteroatoms. The zero-order valence-electron chi connectivity index (χ0n) is 9.59. The molecule has 88 valence electrons. The largest absolute Gasteiger partial charge is 0.481 e. The standard InChI is InChI=1S/C12H18N2O2/c1-16-12-3-2-10(6-13-12)7-14-5-4-11(8-14)9-15/h2-3,6,11,15H,4-5,7-9H2,1H3. The van der Waals surface area contributed by atoms with Crippen molar-refractivity contribution in [2.24, 2.45) is 5.92 Å². The summed E-state index contributed by atoms with van der Waals surface area (Å²) in [5.74, 6) is 1.10. The molecule has 1 N–H and O–H groups in total. The molecule has 0 spiro atoms. The fraction of sp³-hybridized carbons (Fsp3) is 0.583. The van der Waals surface area contributed by atoms with Gasteiger partial charge in [0.25, 0.3) is 0 Å². The molecule has 2 rings (SSSR count). The Bertz CT molecular complexity index is 326. The summed E-state index contributed by atoms with van der Waals surface area (Å²) in [5, 5.41) is 9.06. The van der Waals surface area contributed by atoms with Crippen LogP contribution in [0.25, 0.3) is 0 Å². The fourth-order valence-electron chi connectivity index (χ4n) is 2.09. The summed E-state index contributed by atoms with van der Waals surface area (Å²) in [6.45, 7) is 3.27. The van der Waals surface area contributed by atoms with E-state index in [1.807, 2.05) is 18.3 Å². The number of hydrogen-bond acceptors (Lipinski definition) is 4. The van der Waals surface area contributed by atoms with E-state index in [9.17, 15) is 0 Å². The van der Waals surface area contributed by atoms with E-state index in [2.05, 4.69) is 9.88 Å². The molecule has 1 fully saturated rings. The highest BCUT2D eigenvalue weighted by atomic mass is 16.5. The van der Waals surface area contributed by atoms with Crippen LogP contribution in [0.4, 0.5) is 0 Å². The van der Waals surface area contributed by atoms with Gasteiger partial charge in [0.2, 0.25) is 5.88 Å². The third kappa shape index (κ3) is 2.71. The second-order valence-corrected chi connectivity index (χ2v) is 4.28. The first-order valence-corrected chi connectivity index (χ1v) is 5.64. The maximum atomic E-state index is 9.06. The van der Waals surface area contributed by atoms with Gasteiger partial charge in [-0.2, -0.15) is 0 Å². The molecular weight excluding hydrogens is 204 g/mol. The number of aliphatic hydroxyl groups excluding tert-OH is 1. The van der Waals surface area contributed by atoms with Crippen molar-refractivity contribution in [2.45, 2.75) is 13.0 Å². The molecule has 16 heavy (non-hydrogen) atoms. The van der Waals surface area contributed by atoms with E-state index in [0.717, 1.165) is 26.1 Å². The molecule has 0 radical (unpaired) electrons. The highest BCUT2D eigenvalue weighted by molar-refractivity contribution is 5.17. The van der Waals surface area contributed by atoms with Gasteiger partial charge in [-0.25, -0.2) is 4.98 Å². The number of pyridine rings is 1. The summed E-state index contributed by atoms with van der Waals surface area (Å²) in [6.07, 6.45) is 2.95. The number of methoxy groups -OCH3 is 1. The predicted octanol–water partition coefficient (Wildman–Crippen LogP) is 0.904. The van der Waals surface area contributed by atoms with Crippen LogP contribution in [0.15, 0.2) is 18.3 Å². The molecule has 1 aromatic heterocycles. The fourth-order valence-corrected chi connectivity index (χ4v) is 2.09. The van der Waals surface area contributed by atoms with Crippen molar-refractivity contribution in [3.05, 3.63) is 23.9 Å². The van der Waals surface area contributed by atoms with Crippen LogP contribution in [0.5, 0.6) is 5.88 Å². The molecule has 0 aromatic carbocycles. The summed E-state index contributed by atoms with van der Waals surface area (Å²) in [7, 11) is 1.62. The van der Waals surface area contributed by atoms with E-state index >= 15 is 0 Å². The number of likely N-dealkylation sites (tertiary alicyclic amines) is 1. The summed E-state index contributed by atoms with van der Waals surface area (Å²) >= 11 is 0. The average Bonchev–Trinajstić information content (AvgIpc) is 2.78. The van der Waals surface area contributed by atoms with Crippen molar-refractivity contribution in [3.8, 4) is 5.88 Å². The Balaban J connectivity index is 1.89. The Kier molecular flexibility index (Phi) is 3.74. The normalized spacial score (nSPS) is 21.2. The molecule has 1 saturated heterocycles. The molecule has 0 saturated carbocycles. The third-order valence-corrected chi connectivity index (χ3v) is 3.04. The topological polar surface area (TPSA) is 45.6 Å². The molecule has 1 aliphatic heterocycles. The lowest BCUT2D eigenvalue weighted by Crippen LogP contribution is -2.21. The lowest BCUT2D eigenvalue weighted by Gasteiger charge is -2.15. The van der Waals surface area contributed by atoms with Crippen LogP contribution in [0, 0.1) is 5.92 Å². The minimum absolute atomic E-state index is 0.303. The van der Waals surface area contributed by atoms with E-state index < -0.39 is 0 Å². The van der Waals surface area contributed by atoms with Crippen LogP contribution in [-0.2, 0) is 6.54 Å². The van der Waals surface area contributed by atoms with Crippen molar-refractivity contribution >= 4 is 0 Å². The summed E-state index contributed by atoms with van der Waals surface area (Å²) in [4.78, 5) is 6.53. The first-order valence-electron chi connectivity index (χ1n) is 5.64. The molecule has 0 amide bonds. The molecule has 1 aliphatic rings. The van der Waals surface area contributed by atoms with Gasteiger partial charge in [0.05, 0.1) is 7.11 Å². The van der Waals surface area contributed by atoms with E-state index in [4.69, 9.17) is 9.84 Å². The molecule has 0 bridgehead atoms. The van der Waals surface area contributed by atoms with E-state index in [1.165, 1.54) is 5.56 Å². The smallest absolute Gasteiger partial charge is 0.212 e. The zero-order valence-corrected chi connectivity index (χ0v) is 9.59. The molecule has 1 aromatic rings.